The summed E-state index contributed by atoms with van der Waals surface area (Å²) in [6.45, 7) is 5.24. The highest BCUT2D eigenvalue weighted by Gasteiger charge is 2.18. The molecule has 7 heteroatoms. The van der Waals surface area contributed by atoms with Gasteiger partial charge in [0.05, 0.1) is 5.52 Å². The van der Waals surface area contributed by atoms with Gasteiger partial charge in [0.2, 0.25) is 0 Å². The van der Waals surface area contributed by atoms with E-state index in [0.29, 0.717) is 22.8 Å². The minimum Gasteiger partial charge on any atom is -0.322 e. The van der Waals surface area contributed by atoms with E-state index < -0.39 is 11.0 Å². The van der Waals surface area contributed by atoms with Gasteiger partial charge in [-0.2, -0.15) is 0 Å². The zero-order valence-corrected chi connectivity index (χ0v) is 23.0. The van der Waals surface area contributed by atoms with Gasteiger partial charge in [0.15, 0.2) is 5.82 Å². The zero-order valence-electron chi connectivity index (χ0n) is 22.2. The van der Waals surface area contributed by atoms with Crippen molar-refractivity contribution >= 4 is 39.2 Å². The third-order valence-electron chi connectivity index (χ3n) is 6.42. The molecule has 0 aliphatic carbocycles. The van der Waals surface area contributed by atoms with Crippen LogP contribution in [0.15, 0.2) is 79.0 Å². The highest BCUT2D eigenvalue weighted by Crippen LogP contribution is 2.24. The monoisotopic (exact) mass is 528 g/mol. The Morgan fingerprint density at radius 3 is 2.45 bits per heavy atom. The number of nitrogens with zero attached hydrogens (tertiary/aromatic N) is 3. The molecule has 5 rings (SSSR count). The van der Waals surface area contributed by atoms with Crippen LogP contribution in [0.25, 0.3) is 22.3 Å². The first-order valence-corrected chi connectivity index (χ1v) is 14.8. The molecule has 2 heterocycles. The number of para-hydroxylation sites is 1. The molecule has 0 saturated carbocycles. The van der Waals surface area contributed by atoms with Crippen LogP contribution in [0.4, 0.5) is 11.4 Å². The maximum Gasteiger partial charge on any atom is 0.255 e. The molecule has 1 aliphatic rings. The number of hydrogen-bond donors (Lipinski definition) is 1. The van der Waals surface area contributed by atoms with Crippen molar-refractivity contribution < 1.29 is 9.00 Å². The summed E-state index contributed by atoms with van der Waals surface area (Å²) in [6, 6.07) is 22.6. The van der Waals surface area contributed by atoms with Gasteiger partial charge < -0.3 is 5.32 Å². The molecule has 1 amide bonds. The number of unbranched alkanes of at least 4 members (excludes halogenated alkanes) is 3. The number of fused-ring (bicyclic) bond motifs is 1. The van der Waals surface area contributed by atoms with Crippen LogP contribution in [0, 0.1) is 0 Å². The molecule has 4 aromatic rings. The topological polar surface area (TPSA) is 75.2 Å². The summed E-state index contributed by atoms with van der Waals surface area (Å²) in [5.74, 6) is 1.10. The largest absolute Gasteiger partial charge is 0.322 e. The van der Waals surface area contributed by atoms with Gasteiger partial charge in [0, 0.05) is 46.4 Å². The number of benzene rings is 3. The van der Waals surface area contributed by atoms with Crippen molar-refractivity contribution in [3.05, 3.63) is 84.6 Å². The van der Waals surface area contributed by atoms with Crippen LogP contribution in [0.5, 0.6) is 0 Å². The maximum atomic E-state index is 12.8. The molecule has 0 spiro atoms. The Bertz CT molecular complexity index is 1370. The summed E-state index contributed by atoms with van der Waals surface area (Å²) < 4.78 is 14.1. The van der Waals surface area contributed by atoms with Gasteiger partial charge >= 0.3 is 0 Å². The quantitative estimate of drug-likeness (QED) is 0.254. The van der Waals surface area contributed by atoms with E-state index in [0.717, 1.165) is 41.5 Å². The van der Waals surface area contributed by atoms with Crippen molar-refractivity contribution in [2.24, 2.45) is 0 Å². The lowest BCUT2D eigenvalue weighted by molar-refractivity contribution is 0.102. The van der Waals surface area contributed by atoms with Gasteiger partial charge in [-0.25, -0.2) is 14.2 Å². The van der Waals surface area contributed by atoms with Gasteiger partial charge in [-0.3, -0.25) is 9.10 Å². The Hall–Kier alpha value is -3.58. The molecule has 1 atom stereocenters. The lowest BCUT2D eigenvalue weighted by Crippen LogP contribution is -2.32. The van der Waals surface area contributed by atoms with Crippen molar-refractivity contribution in [2.75, 3.05) is 21.9 Å². The average molecular weight is 529 g/mol. The van der Waals surface area contributed by atoms with Crippen LogP contribution in [-0.2, 0) is 11.0 Å². The predicted molar refractivity (Wildman–Crippen MR) is 159 cm³/mol. The fourth-order valence-corrected chi connectivity index (χ4v) is 5.63. The van der Waals surface area contributed by atoms with Crippen LogP contribution >= 0.6 is 0 Å². The van der Waals surface area contributed by atoms with E-state index in [1.54, 1.807) is 18.3 Å². The van der Waals surface area contributed by atoms with E-state index in [1.165, 1.54) is 25.7 Å². The van der Waals surface area contributed by atoms with E-state index in [9.17, 15) is 9.00 Å². The van der Waals surface area contributed by atoms with Crippen LogP contribution in [0.2, 0.25) is 0 Å². The zero-order chi connectivity index (χ0) is 26.7. The van der Waals surface area contributed by atoms with Gasteiger partial charge in [0.1, 0.15) is 11.0 Å². The second-order valence-corrected chi connectivity index (χ2v) is 10.9. The SMILES string of the molecule is CCCCCC.O=C(Nc1cccc(-c2ncc3ccccc3n2)c1)c1ccc(N2CCCCS2=O)cc1. The van der Waals surface area contributed by atoms with Crippen LogP contribution in [-0.4, -0.2) is 32.4 Å². The molecule has 1 fully saturated rings. The van der Waals surface area contributed by atoms with Crippen molar-refractivity contribution in [1.82, 2.24) is 9.97 Å². The molecule has 0 bridgehead atoms. The van der Waals surface area contributed by atoms with Crippen molar-refractivity contribution in [1.29, 1.82) is 0 Å². The Balaban J connectivity index is 0.000000505. The minimum absolute atomic E-state index is 0.201. The molecule has 3 aromatic carbocycles. The summed E-state index contributed by atoms with van der Waals surface area (Å²) in [4.78, 5) is 21.9. The number of nitrogens with one attached hydrogen (secondary N) is 1. The first-order chi connectivity index (χ1) is 18.6. The summed E-state index contributed by atoms with van der Waals surface area (Å²) in [5.41, 5.74) is 3.81. The molecule has 1 N–H and O–H groups in total. The van der Waals surface area contributed by atoms with Gasteiger partial charge in [-0.05, 0) is 55.3 Å². The summed E-state index contributed by atoms with van der Waals surface area (Å²) >= 11 is 0. The Morgan fingerprint density at radius 1 is 0.947 bits per heavy atom. The molecule has 38 heavy (non-hydrogen) atoms. The average Bonchev–Trinajstić information content (AvgIpc) is 2.96. The fourth-order valence-electron chi connectivity index (χ4n) is 4.27. The van der Waals surface area contributed by atoms with E-state index >= 15 is 0 Å². The van der Waals surface area contributed by atoms with E-state index in [-0.39, 0.29) is 5.91 Å². The molecule has 1 unspecified atom stereocenters. The number of hydrogen-bond acceptors (Lipinski definition) is 4. The Morgan fingerprint density at radius 2 is 1.71 bits per heavy atom. The van der Waals surface area contributed by atoms with Crippen LogP contribution < -0.4 is 9.62 Å². The first-order valence-electron chi connectivity index (χ1n) is 13.5. The number of carbonyl (C=O) groups is 1. The summed E-state index contributed by atoms with van der Waals surface area (Å²) in [6.07, 6.45) is 9.37. The molecule has 1 aliphatic heterocycles. The molecule has 6 nitrogen and oxygen atoms in total. The van der Waals surface area contributed by atoms with Crippen LogP contribution in [0.3, 0.4) is 0 Å². The molecule has 198 valence electrons. The van der Waals surface area contributed by atoms with Gasteiger partial charge in [0.25, 0.3) is 5.91 Å². The number of anilines is 2. The number of rotatable bonds is 7. The molecule has 0 radical (unpaired) electrons. The van der Waals surface area contributed by atoms with E-state index in [1.807, 2.05) is 65.0 Å². The van der Waals surface area contributed by atoms with Crippen LogP contribution in [0.1, 0.15) is 62.7 Å². The number of amides is 1. The van der Waals surface area contributed by atoms with Crippen molar-refractivity contribution in [2.45, 2.75) is 52.4 Å². The van der Waals surface area contributed by atoms with Gasteiger partial charge in [-0.1, -0.05) is 69.9 Å². The molecule has 1 saturated heterocycles. The summed E-state index contributed by atoms with van der Waals surface area (Å²) in [7, 11) is -0.987. The predicted octanol–water partition coefficient (Wildman–Crippen LogP) is 7.40. The third-order valence-corrected chi connectivity index (χ3v) is 7.94. The van der Waals surface area contributed by atoms with Crippen molar-refractivity contribution in [3.8, 4) is 11.4 Å². The Kier molecular flexibility index (Phi) is 9.98. The molecular weight excluding hydrogens is 492 g/mol. The first kappa shape index (κ1) is 27.5. The maximum absolute atomic E-state index is 12.8. The smallest absolute Gasteiger partial charge is 0.255 e. The fraction of sp³-hybridized carbons (Fsp3) is 0.323. The van der Waals surface area contributed by atoms with E-state index in [4.69, 9.17) is 0 Å². The lowest BCUT2D eigenvalue weighted by Gasteiger charge is -2.27. The molecular formula is C31H36N4O2S. The second-order valence-electron chi connectivity index (χ2n) is 9.38. The highest BCUT2D eigenvalue weighted by molar-refractivity contribution is 7.86. The second kappa shape index (κ2) is 13.8. The standard InChI is InChI=1S/C25H22N4O2S.C6H14/c30-25(18-10-12-22(13-11-18)29-14-3-4-15-32(29)31)27-21-8-5-7-19(16-21)24-26-17-20-6-1-2-9-23(20)28-24;1-3-5-6-4-2/h1-2,5-13,16-17H,3-4,14-15H2,(H,27,30);3-6H2,1-2H3. The summed E-state index contributed by atoms with van der Waals surface area (Å²) in [5, 5.41) is 3.93. The minimum atomic E-state index is -0.987. The lowest BCUT2D eigenvalue weighted by atomic mass is 10.1. The Labute approximate surface area is 228 Å². The van der Waals surface area contributed by atoms with Gasteiger partial charge in [-0.15, -0.1) is 0 Å². The number of aromatic nitrogens is 2. The van der Waals surface area contributed by atoms with Crippen molar-refractivity contribution in [3.63, 3.8) is 0 Å². The number of carbonyl (C=O) groups excluding carboxylic acids is 1. The normalized spacial score (nSPS) is 15.0. The molecule has 1 aromatic heterocycles. The highest BCUT2D eigenvalue weighted by atomic mass is 32.2. The van der Waals surface area contributed by atoms with E-state index in [2.05, 4.69) is 29.1 Å². The third kappa shape index (κ3) is 7.25.